The predicted molar refractivity (Wildman–Crippen MR) is 71.1 cm³/mol. The molecular weight excluding hydrogens is 268 g/mol. The van der Waals surface area contributed by atoms with Crippen molar-refractivity contribution < 1.29 is 20.1 Å². The number of aliphatic hydroxyl groups excluding tert-OH is 1. The van der Waals surface area contributed by atoms with E-state index in [1.165, 1.54) is 12.2 Å². The quantitative estimate of drug-likeness (QED) is 0.794. The van der Waals surface area contributed by atoms with E-state index in [0.29, 0.717) is 10.6 Å². The molecule has 2 atom stereocenters. The summed E-state index contributed by atoms with van der Waals surface area (Å²) >= 11 is 6.01. The number of benzene rings is 1. The lowest BCUT2D eigenvalue weighted by Gasteiger charge is -2.31. The molecule has 100 valence electrons. The van der Waals surface area contributed by atoms with Crippen LogP contribution in [0.25, 0.3) is 0 Å². The average Bonchev–Trinajstić information content (AvgIpc) is 2.31. The third kappa shape index (κ3) is 2.80. The highest BCUT2D eigenvalue weighted by molar-refractivity contribution is 6.31. The molecule has 0 fully saturated rings. The minimum atomic E-state index is -1.70. The number of aliphatic carboxylic acids is 1. The van der Waals surface area contributed by atoms with Crippen molar-refractivity contribution in [1.29, 1.82) is 0 Å². The van der Waals surface area contributed by atoms with Crippen molar-refractivity contribution in [2.24, 2.45) is 5.92 Å². The maximum Gasteiger partial charge on any atom is 0.313 e. The Balaban J connectivity index is 2.37. The van der Waals surface area contributed by atoms with E-state index < -0.39 is 17.5 Å². The van der Waals surface area contributed by atoms with Gasteiger partial charge in [-0.05, 0) is 23.8 Å². The van der Waals surface area contributed by atoms with Crippen LogP contribution in [0.5, 0.6) is 0 Å². The van der Waals surface area contributed by atoms with Crippen LogP contribution < -0.4 is 0 Å². The highest BCUT2D eigenvalue weighted by Crippen LogP contribution is 2.32. The summed E-state index contributed by atoms with van der Waals surface area (Å²) in [6.07, 6.45) is 3.70. The molecule has 1 aromatic carbocycles. The molecule has 0 aliphatic heterocycles. The minimum absolute atomic E-state index is 0.0119. The number of hydrogen-bond donors (Lipinski definition) is 3. The molecule has 1 aliphatic carbocycles. The van der Waals surface area contributed by atoms with Crippen molar-refractivity contribution in [2.45, 2.75) is 12.0 Å². The number of halogens is 1. The third-order valence-corrected chi connectivity index (χ3v) is 3.46. The lowest BCUT2D eigenvalue weighted by molar-refractivity contribution is -0.146. The molecule has 0 heterocycles. The first-order valence-electron chi connectivity index (χ1n) is 5.71. The Hall–Kier alpha value is -1.78. The lowest BCUT2D eigenvalue weighted by Crippen LogP contribution is -2.43. The Morgan fingerprint density at radius 2 is 2.05 bits per heavy atom. The standard InChI is InChI=1S/C14H13ClO4/c15-12-4-2-1-3-9(12)7-14(19)8-10(16)5-6-11(14)13(17)18/h1-6,8,11,16,19H,7H2,(H,17,18). The highest BCUT2D eigenvalue weighted by Gasteiger charge is 2.41. The Labute approximate surface area is 115 Å². The fourth-order valence-electron chi connectivity index (χ4n) is 2.16. The van der Waals surface area contributed by atoms with Gasteiger partial charge in [-0.2, -0.15) is 0 Å². The van der Waals surface area contributed by atoms with E-state index in [2.05, 4.69) is 0 Å². The van der Waals surface area contributed by atoms with Crippen LogP contribution in [0.15, 0.2) is 48.3 Å². The summed E-state index contributed by atoms with van der Waals surface area (Å²) in [6, 6.07) is 6.88. The fourth-order valence-corrected chi connectivity index (χ4v) is 2.36. The number of hydrogen-bond acceptors (Lipinski definition) is 3. The molecule has 0 bridgehead atoms. The molecule has 0 aromatic heterocycles. The molecule has 1 aliphatic rings. The van der Waals surface area contributed by atoms with Gasteiger partial charge in [0.2, 0.25) is 0 Å². The summed E-state index contributed by atoms with van der Waals surface area (Å²) in [5.74, 6) is -2.44. The fraction of sp³-hybridized carbons (Fsp3) is 0.214. The Morgan fingerprint density at radius 3 is 2.68 bits per heavy atom. The maximum atomic E-state index is 11.2. The van der Waals surface area contributed by atoms with E-state index in [4.69, 9.17) is 16.7 Å². The van der Waals surface area contributed by atoms with Gasteiger partial charge in [0, 0.05) is 11.4 Å². The predicted octanol–water partition coefficient (Wildman–Crippen LogP) is 2.33. The molecule has 1 aromatic rings. The van der Waals surface area contributed by atoms with Crippen LogP contribution >= 0.6 is 11.6 Å². The summed E-state index contributed by atoms with van der Waals surface area (Å²) in [4.78, 5) is 11.2. The monoisotopic (exact) mass is 280 g/mol. The molecule has 0 radical (unpaired) electrons. The number of carboxylic acids is 1. The van der Waals surface area contributed by atoms with Crippen LogP contribution in [-0.4, -0.2) is 26.9 Å². The van der Waals surface area contributed by atoms with Gasteiger partial charge in [0.1, 0.15) is 17.3 Å². The molecule has 3 N–H and O–H groups in total. The smallest absolute Gasteiger partial charge is 0.313 e. The van der Waals surface area contributed by atoms with Gasteiger partial charge in [0.15, 0.2) is 0 Å². The van der Waals surface area contributed by atoms with Crippen molar-refractivity contribution in [2.75, 3.05) is 0 Å². The van der Waals surface area contributed by atoms with Crippen LogP contribution in [0.4, 0.5) is 0 Å². The zero-order valence-corrected chi connectivity index (χ0v) is 10.7. The van der Waals surface area contributed by atoms with Crippen molar-refractivity contribution in [3.63, 3.8) is 0 Å². The number of carbonyl (C=O) groups is 1. The SMILES string of the molecule is O=C(O)C1C=CC(O)=CC1(O)Cc1ccccc1Cl. The molecule has 5 heteroatoms. The zero-order valence-electron chi connectivity index (χ0n) is 9.95. The van der Waals surface area contributed by atoms with Crippen LogP contribution in [0, 0.1) is 5.92 Å². The summed E-state index contributed by atoms with van der Waals surface area (Å²) < 4.78 is 0. The van der Waals surface area contributed by atoms with Crippen LogP contribution in [0.2, 0.25) is 5.02 Å². The molecule has 0 saturated heterocycles. The van der Waals surface area contributed by atoms with Gasteiger partial charge < -0.3 is 15.3 Å². The van der Waals surface area contributed by atoms with Gasteiger partial charge in [-0.15, -0.1) is 0 Å². The molecular formula is C14H13ClO4. The normalized spacial score (nSPS) is 26.0. The molecule has 0 spiro atoms. The van der Waals surface area contributed by atoms with Gasteiger partial charge in [-0.25, -0.2) is 0 Å². The zero-order chi connectivity index (χ0) is 14.0. The van der Waals surface area contributed by atoms with E-state index in [-0.39, 0.29) is 12.2 Å². The van der Waals surface area contributed by atoms with E-state index in [0.717, 1.165) is 6.08 Å². The van der Waals surface area contributed by atoms with E-state index in [1.54, 1.807) is 24.3 Å². The van der Waals surface area contributed by atoms with Crippen molar-refractivity contribution in [1.82, 2.24) is 0 Å². The van der Waals surface area contributed by atoms with Gasteiger partial charge in [-0.1, -0.05) is 35.9 Å². The Morgan fingerprint density at radius 1 is 1.37 bits per heavy atom. The first-order valence-corrected chi connectivity index (χ1v) is 6.09. The van der Waals surface area contributed by atoms with Crippen LogP contribution in [0.1, 0.15) is 5.56 Å². The second-order valence-corrected chi connectivity index (χ2v) is 4.91. The molecule has 0 saturated carbocycles. The van der Waals surface area contributed by atoms with Gasteiger partial charge in [0.05, 0.1) is 0 Å². The number of rotatable bonds is 3. The molecule has 2 unspecified atom stereocenters. The molecule has 19 heavy (non-hydrogen) atoms. The molecule has 2 rings (SSSR count). The number of carboxylic acid groups (broad SMARTS) is 1. The van der Waals surface area contributed by atoms with Gasteiger partial charge in [-0.3, -0.25) is 4.79 Å². The van der Waals surface area contributed by atoms with E-state index in [1.807, 2.05) is 0 Å². The van der Waals surface area contributed by atoms with Crippen molar-refractivity contribution in [3.05, 3.63) is 58.8 Å². The second kappa shape index (κ2) is 5.07. The number of aliphatic hydroxyl groups is 2. The summed E-state index contributed by atoms with van der Waals surface area (Å²) in [5.41, 5.74) is -1.08. The first-order chi connectivity index (χ1) is 8.92. The average molecular weight is 281 g/mol. The Bertz CT molecular complexity index is 564. The van der Waals surface area contributed by atoms with Crippen molar-refractivity contribution >= 4 is 17.6 Å². The summed E-state index contributed by atoms with van der Waals surface area (Å²) in [5, 5.41) is 29.6. The minimum Gasteiger partial charge on any atom is -0.508 e. The lowest BCUT2D eigenvalue weighted by atomic mass is 9.79. The highest BCUT2D eigenvalue weighted by atomic mass is 35.5. The first kappa shape index (κ1) is 13.6. The van der Waals surface area contributed by atoms with Crippen molar-refractivity contribution in [3.8, 4) is 0 Å². The van der Waals surface area contributed by atoms with E-state index >= 15 is 0 Å². The molecule has 4 nitrogen and oxygen atoms in total. The number of allylic oxidation sites excluding steroid dienone is 1. The second-order valence-electron chi connectivity index (χ2n) is 4.50. The Kier molecular flexibility index (Phi) is 3.64. The topological polar surface area (TPSA) is 77.8 Å². The summed E-state index contributed by atoms with van der Waals surface area (Å²) in [7, 11) is 0. The maximum absolute atomic E-state index is 11.2. The molecule has 0 amide bonds. The third-order valence-electron chi connectivity index (χ3n) is 3.09. The van der Waals surface area contributed by atoms with Gasteiger partial charge >= 0.3 is 5.97 Å². The van der Waals surface area contributed by atoms with E-state index in [9.17, 15) is 15.0 Å². The van der Waals surface area contributed by atoms with Gasteiger partial charge in [0.25, 0.3) is 0 Å². The van der Waals surface area contributed by atoms with Crippen LogP contribution in [0.3, 0.4) is 0 Å². The summed E-state index contributed by atoms with van der Waals surface area (Å²) in [6.45, 7) is 0. The van der Waals surface area contributed by atoms with Crippen LogP contribution in [-0.2, 0) is 11.2 Å². The largest absolute Gasteiger partial charge is 0.508 e.